The Kier molecular flexibility index (Phi) is 13.6. The van der Waals surface area contributed by atoms with Gasteiger partial charge in [-0.15, -0.1) is 0 Å². The lowest BCUT2D eigenvalue weighted by molar-refractivity contribution is -0.201. The lowest BCUT2D eigenvalue weighted by Crippen LogP contribution is -2.29. The number of nitrogens with one attached hydrogen (secondary N) is 1. The quantitative estimate of drug-likeness (QED) is 0.211. The first-order valence-electron chi connectivity index (χ1n) is 11.1. The number of halogens is 3. The van der Waals surface area contributed by atoms with E-state index in [9.17, 15) is 22.8 Å². The van der Waals surface area contributed by atoms with E-state index in [4.69, 9.17) is 4.74 Å². The molecule has 0 atom stereocenters. The highest BCUT2D eigenvalue weighted by molar-refractivity contribution is 5.88. The van der Waals surface area contributed by atoms with Gasteiger partial charge in [0.15, 0.2) is 0 Å². The Hall–Kier alpha value is -2.09. The highest BCUT2D eigenvalue weighted by Gasteiger charge is 2.42. The average molecular weight is 446 g/mol. The standard InChI is InChI=1S/C23H34F3NO4/c1-2-3-4-5-6-7-8-9-17-30-20-12-10-11-19(18-20)13-15-27-16-14-21(28)31-22(29)23(24,25)26/h10-12,18,27H,2-9,13-17H2,1H3. The largest absolute Gasteiger partial charge is 0.494 e. The molecule has 5 nitrogen and oxygen atoms in total. The average Bonchev–Trinajstić information content (AvgIpc) is 2.72. The van der Waals surface area contributed by atoms with Gasteiger partial charge in [0, 0.05) is 6.54 Å². The highest BCUT2D eigenvalue weighted by Crippen LogP contribution is 2.17. The first-order chi connectivity index (χ1) is 14.8. The van der Waals surface area contributed by atoms with E-state index in [0.29, 0.717) is 19.6 Å². The lowest BCUT2D eigenvalue weighted by atomic mass is 10.1. The lowest BCUT2D eigenvalue weighted by Gasteiger charge is -2.09. The number of unbranched alkanes of at least 4 members (excludes halogenated alkanes) is 7. The van der Waals surface area contributed by atoms with Crippen LogP contribution >= 0.6 is 0 Å². The maximum atomic E-state index is 12.0. The number of carbonyl (C=O) groups excluding carboxylic acids is 2. The number of esters is 2. The highest BCUT2D eigenvalue weighted by atomic mass is 19.4. The Morgan fingerprint density at radius 1 is 0.968 bits per heavy atom. The van der Waals surface area contributed by atoms with E-state index in [2.05, 4.69) is 17.0 Å². The fourth-order valence-corrected chi connectivity index (χ4v) is 2.98. The van der Waals surface area contributed by atoms with Crippen molar-refractivity contribution in [1.29, 1.82) is 0 Å². The summed E-state index contributed by atoms with van der Waals surface area (Å²) in [6.07, 6.45) is 5.18. The molecule has 1 N–H and O–H groups in total. The van der Waals surface area contributed by atoms with E-state index in [1.165, 1.54) is 44.9 Å². The fraction of sp³-hybridized carbons (Fsp3) is 0.652. The van der Waals surface area contributed by atoms with Crippen LogP contribution in [0.4, 0.5) is 13.2 Å². The third-order valence-electron chi connectivity index (χ3n) is 4.70. The summed E-state index contributed by atoms with van der Waals surface area (Å²) in [6, 6.07) is 7.75. The van der Waals surface area contributed by atoms with Crippen molar-refractivity contribution in [1.82, 2.24) is 5.32 Å². The van der Waals surface area contributed by atoms with Gasteiger partial charge in [-0.25, -0.2) is 4.79 Å². The molecule has 0 fully saturated rings. The molecule has 0 radical (unpaired) electrons. The van der Waals surface area contributed by atoms with Crippen molar-refractivity contribution in [2.45, 2.75) is 77.3 Å². The molecule has 0 aromatic heterocycles. The summed E-state index contributed by atoms with van der Waals surface area (Å²) in [5.41, 5.74) is 1.05. The van der Waals surface area contributed by atoms with Crippen molar-refractivity contribution >= 4 is 11.9 Å². The van der Waals surface area contributed by atoms with Crippen LogP contribution < -0.4 is 10.1 Å². The van der Waals surface area contributed by atoms with Crippen LogP contribution in [0.25, 0.3) is 0 Å². The molecular formula is C23H34F3NO4. The summed E-state index contributed by atoms with van der Waals surface area (Å²) >= 11 is 0. The minimum Gasteiger partial charge on any atom is -0.494 e. The smallest absolute Gasteiger partial charge is 0.491 e. The summed E-state index contributed by atoms with van der Waals surface area (Å²) in [7, 11) is 0. The van der Waals surface area contributed by atoms with Gasteiger partial charge in [0.25, 0.3) is 0 Å². The van der Waals surface area contributed by atoms with Gasteiger partial charge >= 0.3 is 18.1 Å². The molecule has 0 aliphatic heterocycles. The van der Waals surface area contributed by atoms with Crippen LogP contribution in [0.3, 0.4) is 0 Å². The third-order valence-corrected chi connectivity index (χ3v) is 4.70. The summed E-state index contributed by atoms with van der Waals surface area (Å²) in [5.74, 6) is -2.87. The first kappa shape index (κ1) is 26.9. The molecule has 0 aliphatic carbocycles. The minimum atomic E-state index is -5.16. The van der Waals surface area contributed by atoms with E-state index in [-0.39, 0.29) is 13.0 Å². The van der Waals surface area contributed by atoms with Gasteiger partial charge in [-0.05, 0) is 37.1 Å². The second-order valence-corrected chi connectivity index (χ2v) is 7.48. The van der Waals surface area contributed by atoms with E-state index in [1.807, 2.05) is 24.3 Å². The number of alkyl halides is 3. The van der Waals surface area contributed by atoms with Crippen molar-refractivity contribution in [2.75, 3.05) is 19.7 Å². The number of hydrogen-bond donors (Lipinski definition) is 1. The molecule has 0 spiro atoms. The zero-order chi connectivity index (χ0) is 23.0. The summed E-state index contributed by atoms with van der Waals surface area (Å²) in [6.45, 7) is 3.56. The molecule has 0 unspecified atom stereocenters. The Morgan fingerprint density at radius 2 is 1.65 bits per heavy atom. The zero-order valence-corrected chi connectivity index (χ0v) is 18.3. The molecule has 0 saturated heterocycles. The molecule has 0 saturated carbocycles. The van der Waals surface area contributed by atoms with Crippen molar-refractivity contribution in [3.05, 3.63) is 29.8 Å². The molecule has 0 bridgehead atoms. The van der Waals surface area contributed by atoms with Gasteiger partial charge in [0.2, 0.25) is 0 Å². The van der Waals surface area contributed by atoms with Crippen LogP contribution in [0.2, 0.25) is 0 Å². The number of ether oxygens (including phenoxy) is 2. The molecule has 1 aromatic carbocycles. The van der Waals surface area contributed by atoms with E-state index in [0.717, 1.165) is 17.7 Å². The van der Waals surface area contributed by atoms with Gasteiger partial charge in [-0.2, -0.15) is 13.2 Å². The van der Waals surface area contributed by atoms with Crippen LogP contribution in [-0.4, -0.2) is 37.8 Å². The summed E-state index contributed by atoms with van der Waals surface area (Å²) in [4.78, 5) is 21.8. The van der Waals surface area contributed by atoms with Crippen molar-refractivity contribution in [3.63, 3.8) is 0 Å². The number of rotatable bonds is 16. The van der Waals surface area contributed by atoms with Crippen molar-refractivity contribution in [3.8, 4) is 5.75 Å². The number of hydrogen-bond acceptors (Lipinski definition) is 5. The topological polar surface area (TPSA) is 64.6 Å². The van der Waals surface area contributed by atoms with Crippen LogP contribution in [0, 0.1) is 0 Å². The SMILES string of the molecule is CCCCCCCCCCOc1cccc(CCNCCC(=O)OC(=O)C(F)(F)F)c1. The molecule has 1 aromatic rings. The molecule has 8 heteroatoms. The van der Waals surface area contributed by atoms with E-state index in [1.54, 1.807) is 0 Å². The van der Waals surface area contributed by atoms with E-state index >= 15 is 0 Å². The van der Waals surface area contributed by atoms with E-state index < -0.39 is 18.1 Å². The maximum absolute atomic E-state index is 12.0. The molecule has 176 valence electrons. The molecule has 0 amide bonds. The van der Waals surface area contributed by atoms with Gasteiger partial charge in [0.05, 0.1) is 13.0 Å². The Labute approximate surface area is 182 Å². The molecule has 1 rings (SSSR count). The molecule has 0 aliphatic rings. The predicted octanol–water partition coefficient (Wildman–Crippen LogP) is 5.36. The van der Waals surface area contributed by atoms with Crippen LogP contribution in [0.5, 0.6) is 5.75 Å². The maximum Gasteiger partial charge on any atom is 0.491 e. The number of benzene rings is 1. The predicted molar refractivity (Wildman–Crippen MR) is 113 cm³/mol. The molecule has 0 heterocycles. The normalized spacial score (nSPS) is 11.4. The van der Waals surface area contributed by atoms with Gasteiger partial charge in [-0.3, -0.25) is 4.79 Å². The van der Waals surface area contributed by atoms with Crippen molar-refractivity contribution in [2.24, 2.45) is 0 Å². The fourth-order valence-electron chi connectivity index (χ4n) is 2.98. The third kappa shape index (κ3) is 13.8. The molecular weight excluding hydrogens is 411 g/mol. The Morgan fingerprint density at radius 3 is 2.32 bits per heavy atom. The molecule has 31 heavy (non-hydrogen) atoms. The van der Waals surface area contributed by atoms with Crippen molar-refractivity contribution < 1.29 is 32.2 Å². The van der Waals surface area contributed by atoms with Gasteiger partial charge < -0.3 is 14.8 Å². The summed E-state index contributed by atoms with van der Waals surface area (Å²) < 4.78 is 45.5. The zero-order valence-electron chi connectivity index (χ0n) is 18.3. The monoisotopic (exact) mass is 445 g/mol. The number of carbonyl (C=O) groups is 2. The van der Waals surface area contributed by atoms with Gasteiger partial charge in [0.1, 0.15) is 5.75 Å². The first-order valence-corrected chi connectivity index (χ1v) is 11.1. The second-order valence-electron chi connectivity index (χ2n) is 7.48. The van der Waals surface area contributed by atoms with Crippen LogP contribution in [0.15, 0.2) is 24.3 Å². The Bertz CT molecular complexity index is 650. The Balaban J connectivity index is 2.12. The minimum absolute atomic E-state index is 0.124. The van der Waals surface area contributed by atoms with Crippen LogP contribution in [0.1, 0.15) is 70.3 Å². The summed E-state index contributed by atoms with van der Waals surface area (Å²) in [5, 5.41) is 2.95. The second kappa shape index (κ2) is 15.7. The van der Waals surface area contributed by atoms with Crippen LogP contribution in [-0.2, 0) is 20.7 Å². The van der Waals surface area contributed by atoms with Gasteiger partial charge in [-0.1, -0.05) is 64.0 Å².